The summed E-state index contributed by atoms with van der Waals surface area (Å²) in [6, 6.07) is 21.1. The summed E-state index contributed by atoms with van der Waals surface area (Å²) in [5.41, 5.74) is 3.86. The fraction of sp³-hybridized carbons (Fsp3) is 0.231. The fourth-order valence-electron chi connectivity index (χ4n) is 3.67. The minimum Gasteiger partial charge on any atom is -0.322 e. The molecule has 3 aromatic rings. The standard InChI is InChI=1S/C26H25FN2O2S/c1-26(2,3)19-10-12-22(13-11-19)29-23(30)16-32-25(29)18-7-5-9-21(15-18)28-24(31)17-6-4-8-20(27)14-17/h4-15,25H,16H2,1-3H3,(H,28,31). The van der Waals surface area contributed by atoms with E-state index in [9.17, 15) is 14.0 Å². The Morgan fingerprint density at radius 3 is 2.44 bits per heavy atom. The molecule has 1 aliphatic heterocycles. The molecule has 0 bridgehead atoms. The highest BCUT2D eigenvalue weighted by molar-refractivity contribution is 8.00. The van der Waals surface area contributed by atoms with Gasteiger partial charge in [-0.3, -0.25) is 14.5 Å². The Morgan fingerprint density at radius 1 is 1.03 bits per heavy atom. The topological polar surface area (TPSA) is 49.4 Å². The molecule has 4 rings (SSSR count). The molecule has 0 radical (unpaired) electrons. The summed E-state index contributed by atoms with van der Waals surface area (Å²) in [7, 11) is 0. The molecule has 3 aromatic carbocycles. The van der Waals surface area contributed by atoms with Crippen LogP contribution >= 0.6 is 11.8 Å². The number of thioether (sulfide) groups is 1. The van der Waals surface area contributed by atoms with E-state index in [0.717, 1.165) is 11.3 Å². The SMILES string of the molecule is CC(C)(C)c1ccc(N2C(=O)CSC2c2cccc(NC(=O)c3cccc(F)c3)c2)cc1. The van der Waals surface area contributed by atoms with E-state index in [1.165, 1.54) is 23.8 Å². The van der Waals surface area contributed by atoms with E-state index in [4.69, 9.17) is 0 Å². The number of hydrogen-bond acceptors (Lipinski definition) is 3. The second kappa shape index (κ2) is 8.79. The van der Waals surface area contributed by atoms with Crippen molar-refractivity contribution in [3.8, 4) is 0 Å². The molecule has 0 saturated carbocycles. The Kier molecular flexibility index (Phi) is 6.07. The van der Waals surface area contributed by atoms with Gasteiger partial charge in [-0.25, -0.2) is 4.39 Å². The Morgan fingerprint density at radius 2 is 1.75 bits per heavy atom. The van der Waals surface area contributed by atoms with Crippen molar-refractivity contribution in [3.63, 3.8) is 0 Å². The van der Waals surface area contributed by atoms with E-state index in [-0.39, 0.29) is 28.2 Å². The van der Waals surface area contributed by atoms with E-state index in [1.54, 1.807) is 23.9 Å². The van der Waals surface area contributed by atoms with Crippen molar-refractivity contribution in [2.45, 2.75) is 31.6 Å². The van der Waals surface area contributed by atoms with Crippen LogP contribution in [0.15, 0.2) is 72.8 Å². The Hall–Kier alpha value is -3.12. The normalized spacial score (nSPS) is 16.3. The van der Waals surface area contributed by atoms with Gasteiger partial charge in [-0.2, -0.15) is 0 Å². The van der Waals surface area contributed by atoms with Gasteiger partial charge in [0.05, 0.1) is 5.75 Å². The van der Waals surface area contributed by atoms with Gasteiger partial charge in [-0.05, 0) is 59.0 Å². The molecule has 6 heteroatoms. The number of amides is 2. The molecule has 1 aliphatic rings. The van der Waals surface area contributed by atoms with Crippen molar-refractivity contribution >= 4 is 35.0 Å². The maximum Gasteiger partial charge on any atom is 0.255 e. The molecular weight excluding hydrogens is 423 g/mol. The van der Waals surface area contributed by atoms with Crippen LogP contribution in [0, 0.1) is 5.82 Å². The van der Waals surface area contributed by atoms with E-state index >= 15 is 0 Å². The number of rotatable bonds is 4. The molecule has 0 aromatic heterocycles. The Labute approximate surface area is 191 Å². The number of carbonyl (C=O) groups excluding carboxylic acids is 2. The summed E-state index contributed by atoms with van der Waals surface area (Å²) in [6.07, 6.45) is 0. The van der Waals surface area contributed by atoms with Crippen molar-refractivity contribution < 1.29 is 14.0 Å². The van der Waals surface area contributed by atoms with E-state index < -0.39 is 5.82 Å². The Balaban J connectivity index is 1.57. The molecule has 1 saturated heterocycles. The molecule has 2 amide bonds. The fourth-order valence-corrected chi connectivity index (χ4v) is 4.84. The van der Waals surface area contributed by atoms with Gasteiger partial charge in [0, 0.05) is 16.9 Å². The summed E-state index contributed by atoms with van der Waals surface area (Å²) in [4.78, 5) is 27.0. The molecule has 0 aliphatic carbocycles. The Bertz CT molecular complexity index is 1150. The van der Waals surface area contributed by atoms with Crippen LogP contribution in [-0.4, -0.2) is 17.6 Å². The number of nitrogens with one attached hydrogen (secondary N) is 1. The molecule has 32 heavy (non-hydrogen) atoms. The quantitative estimate of drug-likeness (QED) is 0.520. The lowest BCUT2D eigenvalue weighted by molar-refractivity contribution is -0.115. The predicted molar refractivity (Wildman–Crippen MR) is 129 cm³/mol. The average Bonchev–Trinajstić information content (AvgIpc) is 3.15. The van der Waals surface area contributed by atoms with Gasteiger partial charge in [-0.1, -0.05) is 51.1 Å². The third kappa shape index (κ3) is 4.70. The summed E-state index contributed by atoms with van der Waals surface area (Å²) < 4.78 is 13.4. The highest BCUT2D eigenvalue weighted by Crippen LogP contribution is 2.42. The zero-order valence-electron chi connectivity index (χ0n) is 18.3. The first-order chi connectivity index (χ1) is 15.2. The van der Waals surface area contributed by atoms with Gasteiger partial charge in [0.25, 0.3) is 5.91 Å². The van der Waals surface area contributed by atoms with Gasteiger partial charge in [-0.15, -0.1) is 11.8 Å². The van der Waals surface area contributed by atoms with Crippen LogP contribution in [0.5, 0.6) is 0 Å². The number of benzene rings is 3. The first-order valence-corrected chi connectivity index (χ1v) is 11.5. The van der Waals surface area contributed by atoms with Crippen molar-refractivity contribution in [3.05, 3.63) is 95.3 Å². The third-order valence-electron chi connectivity index (χ3n) is 5.40. The van der Waals surface area contributed by atoms with Crippen LogP contribution < -0.4 is 10.2 Å². The minimum absolute atomic E-state index is 0.0376. The zero-order valence-corrected chi connectivity index (χ0v) is 19.1. The highest BCUT2D eigenvalue weighted by Gasteiger charge is 2.34. The zero-order chi connectivity index (χ0) is 22.9. The van der Waals surface area contributed by atoms with Crippen LogP contribution in [0.4, 0.5) is 15.8 Å². The smallest absolute Gasteiger partial charge is 0.255 e. The maximum absolute atomic E-state index is 13.4. The van der Waals surface area contributed by atoms with Crippen molar-refractivity contribution in [1.29, 1.82) is 0 Å². The van der Waals surface area contributed by atoms with Crippen LogP contribution in [0.2, 0.25) is 0 Å². The molecule has 4 nitrogen and oxygen atoms in total. The molecule has 1 N–H and O–H groups in total. The number of hydrogen-bond donors (Lipinski definition) is 1. The number of anilines is 2. The number of carbonyl (C=O) groups is 2. The summed E-state index contributed by atoms with van der Waals surface area (Å²) in [6.45, 7) is 6.47. The van der Waals surface area contributed by atoms with E-state index in [0.29, 0.717) is 11.4 Å². The summed E-state index contributed by atoms with van der Waals surface area (Å²) >= 11 is 1.56. The number of halogens is 1. The highest BCUT2D eigenvalue weighted by atomic mass is 32.2. The minimum atomic E-state index is -0.458. The number of nitrogens with zero attached hydrogens (tertiary/aromatic N) is 1. The van der Waals surface area contributed by atoms with Gasteiger partial charge in [0.1, 0.15) is 11.2 Å². The monoisotopic (exact) mass is 448 g/mol. The van der Waals surface area contributed by atoms with Crippen molar-refractivity contribution in [2.24, 2.45) is 0 Å². The third-order valence-corrected chi connectivity index (χ3v) is 6.61. The molecular formula is C26H25FN2O2S. The molecule has 1 atom stereocenters. The average molecular weight is 449 g/mol. The van der Waals surface area contributed by atoms with Gasteiger partial charge >= 0.3 is 0 Å². The molecule has 164 valence electrons. The van der Waals surface area contributed by atoms with Gasteiger partial charge in [0.2, 0.25) is 5.91 Å². The van der Waals surface area contributed by atoms with Crippen LogP contribution in [-0.2, 0) is 10.2 Å². The van der Waals surface area contributed by atoms with Crippen LogP contribution in [0.1, 0.15) is 47.6 Å². The lowest BCUT2D eigenvalue weighted by Gasteiger charge is -2.26. The van der Waals surface area contributed by atoms with E-state index in [2.05, 4.69) is 38.2 Å². The van der Waals surface area contributed by atoms with E-state index in [1.807, 2.05) is 35.2 Å². The second-order valence-corrected chi connectivity index (χ2v) is 9.88. The van der Waals surface area contributed by atoms with Crippen molar-refractivity contribution in [1.82, 2.24) is 0 Å². The molecule has 1 heterocycles. The first kappa shape index (κ1) is 22.1. The van der Waals surface area contributed by atoms with Gasteiger partial charge in [0.15, 0.2) is 0 Å². The van der Waals surface area contributed by atoms with Crippen LogP contribution in [0.3, 0.4) is 0 Å². The summed E-state index contributed by atoms with van der Waals surface area (Å²) in [5.74, 6) is -0.393. The lowest BCUT2D eigenvalue weighted by Crippen LogP contribution is -2.28. The molecule has 0 spiro atoms. The van der Waals surface area contributed by atoms with Crippen LogP contribution in [0.25, 0.3) is 0 Å². The maximum atomic E-state index is 13.4. The molecule has 1 fully saturated rings. The largest absolute Gasteiger partial charge is 0.322 e. The van der Waals surface area contributed by atoms with Crippen molar-refractivity contribution in [2.75, 3.05) is 16.0 Å². The second-order valence-electron chi connectivity index (χ2n) is 8.81. The predicted octanol–water partition coefficient (Wildman–Crippen LogP) is 6.15. The van der Waals surface area contributed by atoms with Gasteiger partial charge < -0.3 is 5.32 Å². The lowest BCUT2D eigenvalue weighted by atomic mass is 9.87. The summed E-state index contributed by atoms with van der Waals surface area (Å²) in [5, 5.41) is 2.63. The first-order valence-electron chi connectivity index (χ1n) is 10.4. The molecule has 1 unspecified atom stereocenters.